The molecular formula is C27H27BrClN3O3. The normalized spacial score (nSPS) is 11.0. The minimum atomic E-state index is -0.514. The van der Waals surface area contributed by atoms with Gasteiger partial charge in [-0.25, -0.2) is 0 Å². The fraction of sp³-hybridized carbons (Fsp3) is 0.222. The molecular weight excluding hydrogens is 530 g/mol. The Balaban J connectivity index is 1.74. The van der Waals surface area contributed by atoms with Gasteiger partial charge in [0, 0.05) is 33.4 Å². The number of carbonyl (C=O) groups excluding carboxylic acids is 3. The molecule has 3 N–H and O–H groups in total. The number of halogens is 2. The molecule has 0 saturated carbocycles. The zero-order valence-electron chi connectivity index (χ0n) is 20.0. The zero-order chi connectivity index (χ0) is 25.8. The Kier molecular flexibility index (Phi) is 8.35. The van der Waals surface area contributed by atoms with Crippen molar-refractivity contribution in [3.8, 4) is 0 Å². The van der Waals surface area contributed by atoms with Crippen molar-refractivity contribution in [1.29, 1.82) is 0 Å². The summed E-state index contributed by atoms with van der Waals surface area (Å²) in [6.45, 7) is 7.60. The number of carbonyl (C=O) groups is 3. The first-order chi connectivity index (χ1) is 16.4. The predicted molar refractivity (Wildman–Crippen MR) is 144 cm³/mol. The molecule has 0 unspecified atom stereocenters. The van der Waals surface area contributed by atoms with Gasteiger partial charge in [-0.3, -0.25) is 14.4 Å². The minimum absolute atomic E-state index is 0.0907. The molecule has 0 aromatic heterocycles. The van der Waals surface area contributed by atoms with Gasteiger partial charge in [0.05, 0.1) is 10.6 Å². The van der Waals surface area contributed by atoms with Gasteiger partial charge in [-0.15, -0.1) is 0 Å². The van der Waals surface area contributed by atoms with Crippen molar-refractivity contribution in [3.05, 3.63) is 92.4 Å². The van der Waals surface area contributed by atoms with Crippen LogP contribution in [0, 0.1) is 12.3 Å². The number of aryl methyl sites for hydroxylation is 1. The Labute approximate surface area is 218 Å². The number of rotatable bonds is 6. The Morgan fingerprint density at radius 3 is 2.09 bits per heavy atom. The second kappa shape index (κ2) is 11.1. The molecule has 0 spiro atoms. The summed E-state index contributed by atoms with van der Waals surface area (Å²) in [5.74, 6) is -0.787. The van der Waals surface area contributed by atoms with Crippen LogP contribution >= 0.6 is 27.5 Å². The maximum Gasteiger partial charge on any atom is 0.257 e. The second-order valence-corrected chi connectivity index (χ2v) is 10.5. The minimum Gasteiger partial charge on any atom is -0.352 e. The van der Waals surface area contributed by atoms with E-state index in [2.05, 4.69) is 31.9 Å². The Bertz CT molecular complexity index is 1270. The topological polar surface area (TPSA) is 87.3 Å². The number of hydrogen-bond acceptors (Lipinski definition) is 3. The third kappa shape index (κ3) is 7.16. The van der Waals surface area contributed by atoms with Gasteiger partial charge >= 0.3 is 0 Å². The molecule has 3 amide bonds. The number of amides is 3. The van der Waals surface area contributed by atoms with Crippen LogP contribution in [0.3, 0.4) is 0 Å². The van der Waals surface area contributed by atoms with Crippen LogP contribution in [0.25, 0.3) is 0 Å². The number of nitrogens with one attached hydrogen (secondary N) is 3. The number of hydrogen-bond donors (Lipinski definition) is 3. The first kappa shape index (κ1) is 26.4. The van der Waals surface area contributed by atoms with Gasteiger partial charge < -0.3 is 16.0 Å². The van der Waals surface area contributed by atoms with E-state index in [-0.39, 0.29) is 28.9 Å². The van der Waals surface area contributed by atoms with Crippen molar-refractivity contribution >= 4 is 56.6 Å². The predicted octanol–water partition coefficient (Wildman–Crippen LogP) is 6.58. The van der Waals surface area contributed by atoms with E-state index in [9.17, 15) is 14.4 Å². The Morgan fingerprint density at radius 1 is 0.829 bits per heavy atom. The highest BCUT2D eigenvalue weighted by atomic mass is 79.9. The van der Waals surface area contributed by atoms with Crippen LogP contribution in [0.1, 0.15) is 52.6 Å². The fourth-order valence-corrected chi connectivity index (χ4v) is 3.65. The summed E-state index contributed by atoms with van der Waals surface area (Å²) < 4.78 is 0.913. The van der Waals surface area contributed by atoms with E-state index < -0.39 is 11.3 Å². The molecule has 35 heavy (non-hydrogen) atoms. The summed E-state index contributed by atoms with van der Waals surface area (Å²) >= 11 is 9.66. The molecule has 6 nitrogen and oxygen atoms in total. The van der Waals surface area contributed by atoms with E-state index in [1.807, 2.05) is 39.8 Å². The monoisotopic (exact) mass is 555 g/mol. The van der Waals surface area contributed by atoms with E-state index in [1.165, 1.54) is 0 Å². The summed E-state index contributed by atoms with van der Waals surface area (Å²) in [5.41, 5.74) is 2.84. The maximum absolute atomic E-state index is 13.0. The van der Waals surface area contributed by atoms with Crippen molar-refractivity contribution in [2.45, 2.75) is 34.2 Å². The van der Waals surface area contributed by atoms with E-state index >= 15 is 0 Å². The number of anilines is 2. The summed E-state index contributed by atoms with van der Waals surface area (Å²) in [4.78, 5) is 38.0. The molecule has 182 valence electrons. The Hall–Kier alpha value is -3.16. The highest BCUT2D eigenvalue weighted by molar-refractivity contribution is 9.10. The van der Waals surface area contributed by atoms with E-state index in [4.69, 9.17) is 11.6 Å². The molecule has 0 heterocycles. The summed E-state index contributed by atoms with van der Waals surface area (Å²) in [7, 11) is 0. The highest BCUT2D eigenvalue weighted by Gasteiger charge is 2.21. The van der Waals surface area contributed by atoms with Gasteiger partial charge in [0.2, 0.25) is 5.91 Å². The van der Waals surface area contributed by atoms with Crippen molar-refractivity contribution in [1.82, 2.24) is 5.32 Å². The van der Waals surface area contributed by atoms with Crippen LogP contribution in [-0.4, -0.2) is 17.7 Å². The van der Waals surface area contributed by atoms with Gasteiger partial charge in [0.25, 0.3) is 11.8 Å². The quantitative estimate of drug-likeness (QED) is 0.321. The molecule has 3 rings (SSSR count). The standard InChI is InChI=1S/C27H27BrClN3O3/c1-16-5-9-20(14-21(16)24(33)31-19-10-7-18(28)8-11-19)32-25(34)22-13-17(6-12-23(22)29)15-30-26(35)27(2,3)4/h5-14H,15H2,1-4H3,(H,30,35)(H,31,33)(H,32,34). The van der Waals surface area contributed by atoms with Crippen LogP contribution in [0.15, 0.2) is 65.1 Å². The van der Waals surface area contributed by atoms with Crippen LogP contribution < -0.4 is 16.0 Å². The molecule has 0 bridgehead atoms. The average Bonchev–Trinajstić information content (AvgIpc) is 2.80. The first-order valence-corrected chi connectivity index (χ1v) is 12.2. The van der Waals surface area contributed by atoms with Gasteiger partial charge in [-0.1, -0.05) is 60.4 Å². The largest absolute Gasteiger partial charge is 0.352 e. The van der Waals surface area contributed by atoms with Crippen molar-refractivity contribution in [2.24, 2.45) is 5.41 Å². The molecule has 0 saturated heterocycles. The van der Waals surface area contributed by atoms with Crippen LogP contribution in [0.4, 0.5) is 11.4 Å². The highest BCUT2D eigenvalue weighted by Crippen LogP contribution is 2.23. The van der Waals surface area contributed by atoms with E-state index in [1.54, 1.807) is 48.5 Å². The van der Waals surface area contributed by atoms with E-state index in [0.29, 0.717) is 16.9 Å². The van der Waals surface area contributed by atoms with Crippen LogP contribution in [0.5, 0.6) is 0 Å². The number of benzene rings is 3. The zero-order valence-corrected chi connectivity index (χ0v) is 22.3. The molecule has 0 fully saturated rings. The molecule has 0 aliphatic heterocycles. The van der Waals surface area contributed by atoms with Crippen molar-refractivity contribution in [3.63, 3.8) is 0 Å². The van der Waals surface area contributed by atoms with Gasteiger partial charge in [0.1, 0.15) is 0 Å². The van der Waals surface area contributed by atoms with Gasteiger partial charge in [0.15, 0.2) is 0 Å². The lowest BCUT2D eigenvalue weighted by atomic mass is 9.95. The van der Waals surface area contributed by atoms with Gasteiger partial charge in [-0.05, 0) is 66.6 Å². The van der Waals surface area contributed by atoms with Crippen LogP contribution in [-0.2, 0) is 11.3 Å². The first-order valence-electron chi connectivity index (χ1n) is 11.0. The Morgan fingerprint density at radius 2 is 1.43 bits per heavy atom. The second-order valence-electron chi connectivity index (χ2n) is 9.19. The lowest BCUT2D eigenvalue weighted by Gasteiger charge is -2.18. The lowest BCUT2D eigenvalue weighted by Crippen LogP contribution is -2.34. The maximum atomic E-state index is 13.0. The van der Waals surface area contributed by atoms with Crippen molar-refractivity contribution < 1.29 is 14.4 Å². The smallest absolute Gasteiger partial charge is 0.257 e. The molecule has 0 aliphatic rings. The molecule has 0 radical (unpaired) electrons. The summed E-state index contributed by atoms with van der Waals surface area (Å²) in [5, 5.41) is 8.82. The summed E-state index contributed by atoms with van der Waals surface area (Å²) in [6.07, 6.45) is 0. The fourth-order valence-electron chi connectivity index (χ4n) is 3.18. The van der Waals surface area contributed by atoms with E-state index in [0.717, 1.165) is 15.6 Å². The SMILES string of the molecule is Cc1ccc(NC(=O)c2cc(CNC(=O)C(C)(C)C)ccc2Cl)cc1C(=O)Nc1ccc(Br)cc1. The van der Waals surface area contributed by atoms with Gasteiger partial charge in [-0.2, -0.15) is 0 Å². The molecule has 3 aromatic rings. The lowest BCUT2D eigenvalue weighted by molar-refractivity contribution is -0.128. The van der Waals surface area contributed by atoms with Crippen LogP contribution in [0.2, 0.25) is 5.02 Å². The van der Waals surface area contributed by atoms with Crippen molar-refractivity contribution in [2.75, 3.05) is 10.6 Å². The molecule has 8 heteroatoms. The molecule has 0 aliphatic carbocycles. The molecule has 3 aromatic carbocycles. The average molecular weight is 557 g/mol. The molecule has 0 atom stereocenters. The third-order valence-electron chi connectivity index (χ3n) is 5.25. The third-order valence-corrected chi connectivity index (χ3v) is 6.11. The summed E-state index contributed by atoms with van der Waals surface area (Å²) in [6, 6.07) is 17.4.